The number of primary amides is 1. The van der Waals surface area contributed by atoms with Gasteiger partial charge in [-0.3, -0.25) is 19.4 Å². The van der Waals surface area contributed by atoms with Gasteiger partial charge in [-0.1, -0.05) is 48.5 Å². The molecule has 10 nitrogen and oxygen atoms in total. The average molecular weight is 524 g/mol. The van der Waals surface area contributed by atoms with Gasteiger partial charge in [-0.15, -0.1) is 0 Å². The third-order valence-corrected chi connectivity index (χ3v) is 6.06. The zero-order valence-corrected chi connectivity index (χ0v) is 22.8. The summed E-state index contributed by atoms with van der Waals surface area (Å²) in [5.41, 5.74) is 13.3. The summed E-state index contributed by atoms with van der Waals surface area (Å²) in [7, 11) is 5.87. The first-order valence-corrected chi connectivity index (χ1v) is 12.8. The minimum Gasteiger partial charge on any atom is -0.368 e. The van der Waals surface area contributed by atoms with Gasteiger partial charge < -0.3 is 31.9 Å². The summed E-state index contributed by atoms with van der Waals surface area (Å²) < 4.78 is 0. The van der Waals surface area contributed by atoms with Crippen LogP contribution in [-0.4, -0.2) is 74.4 Å². The van der Waals surface area contributed by atoms with Crippen LogP contribution in [0.2, 0.25) is 0 Å². The van der Waals surface area contributed by atoms with Crippen molar-refractivity contribution in [1.82, 2.24) is 15.5 Å². The number of aliphatic imine (C=N–C) groups is 1. The highest BCUT2D eigenvalue weighted by atomic mass is 16.2. The van der Waals surface area contributed by atoms with Crippen LogP contribution in [0.1, 0.15) is 31.7 Å². The zero-order chi connectivity index (χ0) is 28.1. The zero-order valence-electron chi connectivity index (χ0n) is 22.8. The molecule has 2 aromatic rings. The highest BCUT2D eigenvalue weighted by Crippen LogP contribution is 2.13. The highest BCUT2D eigenvalue weighted by Gasteiger charge is 2.26. The van der Waals surface area contributed by atoms with Crippen LogP contribution >= 0.6 is 0 Å². The van der Waals surface area contributed by atoms with Crippen LogP contribution in [-0.2, 0) is 20.8 Å². The van der Waals surface area contributed by atoms with Crippen LogP contribution in [0.25, 0.3) is 0 Å². The minimum atomic E-state index is -0.890. The Bertz CT molecular complexity index is 1060. The summed E-state index contributed by atoms with van der Waals surface area (Å²) in [6, 6.07) is 16.8. The summed E-state index contributed by atoms with van der Waals surface area (Å²) in [6.07, 6.45) is 2.16. The van der Waals surface area contributed by atoms with E-state index < -0.39 is 35.8 Å². The van der Waals surface area contributed by atoms with Crippen molar-refractivity contribution in [2.75, 3.05) is 32.6 Å². The van der Waals surface area contributed by atoms with Gasteiger partial charge in [0.05, 0.1) is 6.04 Å². The second-order valence-corrected chi connectivity index (χ2v) is 9.46. The number of rotatable bonds is 13. The highest BCUT2D eigenvalue weighted by molar-refractivity contribution is 5.95. The van der Waals surface area contributed by atoms with Crippen molar-refractivity contribution in [1.29, 1.82) is 0 Å². The number of carbonyl (C=O) groups is 3. The number of amides is 3. The number of nitrogens with two attached hydrogens (primary N) is 2. The average Bonchev–Trinajstić information content (AvgIpc) is 2.90. The second kappa shape index (κ2) is 15.4. The van der Waals surface area contributed by atoms with Gasteiger partial charge in [-0.25, -0.2) is 0 Å². The third kappa shape index (κ3) is 9.85. The molecule has 0 unspecified atom stereocenters. The maximum atomic E-state index is 12.8. The molecule has 3 amide bonds. The molecule has 0 radical (unpaired) electrons. The Hall–Kier alpha value is -3.92. The quantitative estimate of drug-likeness (QED) is 0.177. The first kappa shape index (κ1) is 30.3. The topological polar surface area (TPSA) is 146 Å². The Labute approximate surface area is 225 Å². The fourth-order valence-corrected chi connectivity index (χ4v) is 3.82. The molecule has 0 aliphatic carbocycles. The molecular weight excluding hydrogens is 482 g/mol. The summed E-state index contributed by atoms with van der Waals surface area (Å²) in [5, 5.41) is 5.30. The van der Waals surface area contributed by atoms with Gasteiger partial charge in [-0.2, -0.15) is 0 Å². The number of anilines is 1. The van der Waals surface area contributed by atoms with E-state index in [1.807, 2.05) is 91.6 Å². The van der Waals surface area contributed by atoms with Crippen molar-refractivity contribution in [3.8, 4) is 0 Å². The molecule has 2 aromatic carbocycles. The van der Waals surface area contributed by atoms with Crippen molar-refractivity contribution in [3.63, 3.8) is 0 Å². The molecule has 10 heteroatoms. The van der Waals surface area contributed by atoms with Crippen LogP contribution < -0.4 is 27.0 Å². The van der Waals surface area contributed by atoms with E-state index in [9.17, 15) is 14.4 Å². The molecule has 0 bridgehead atoms. The van der Waals surface area contributed by atoms with Crippen molar-refractivity contribution in [3.05, 3.63) is 66.2 Å². The maximum absolute atomic E-state index is 12.8. The van der Waals surface area contributed by atoms with Gasteiger partial charge in [0, 0.05) is 39.8 Å². The summed E-state index contributed by atoms with van der Waals surface area (Å²) in [6.45, 7) is 2.08. The van der Waals surface area contributed by atoms with E-state index in [-0.39, 0.29) is 6.42 Å². The summed E-state index contributed by atoms with van der Waals surface area (Å²) in [4.78, 5) is 45.7. The molecule has 0 aliphatic rings. The Balaban J connectivity index is 1.91. The van der Waals surface area contributed by atoms with Crippen molar-refractivity contribution in [2.45, 2.75) is 50.7 Å². The Morgan fingerprint density at radius 2 is 1.50 bits per heavy atom. The van der Waals surface area contributed by atoms with E-state index in [0.717, 1.165) is 23.6 Å². The number of benzene rings is 2. The molecular formula is C28H41N7O3. The lowest BCUT2D eigenvalue weighted by Gasteiger charge is -2.26. The molecule has 0 aliphatic heterocycles. The van der Waals surface area contributed by atoms with Crippen LogP contribution in [0.3, 0.4) is 0 Å². The maximum Gasteiger partial charge on any atom is 0.243 e. The number of hydrogen-bond acceptors (Lipinski definition) is 5. The Morgan fingerprint density at radius 3 is 2.08 bits per heavy atom. The fraction of sp³-hybridized carbons (Fsp3) is 0.429. The number of carbonyl (C=O) groups excluding carboxylic acids is 3. The number of para-hydroxylation sites is 1. The van der Waals surface area contributed by atoms with Crippen LogP contribution in [0.4, 0.5) is 5.69 Å². The van der Waals surface area contributed by atoms with Gasteiger partial charge in [0.1, 0.15) is 12.1 Å². The monoisotopic (exact) mass is 523 g/mol. The van der Waals surface area contributed by atoms with Gasteiger partial charge in [0.15, 0.2) is 5.96 Å². The second-order valence-electron chi connectivity index (χ2n) is 9.46. The fourth-order valence-electron chi connectivity index (χ4n) is 3.82. The van der Waals surface area contributed by atoms with E-state index in [4.69, 9.17) is 16.5 Å². The smallest absolute Gasteiger partial charge is 0.243 e. The van der Waals surface area contributed by atoms with E-state index in [2.05, 4.69) is 10.6 Å². The lowest BCUT2D eigenvalue weighted by Crippen LogP contribution is -2.55. The van der Waals surface area contributed by atoms with Crippen LogP contribution in [0.5, 0.6) is 0 Å². The molecule has 0 heterocycles. The minimum absolute atomic E-state index is 0.258. The first-order valence-electron chi connectivity index (χ1n) is 12.8. The molecule has 0 aromatic heterocycles. The lowest BCUT2D eigenvalue weighted by molar-refractivity contribution is -0.131. The van der Waals surface area contributed by atoms with Crippen molar-refractivity contribution >= 4 is 29.4 Å². The van der Waals surface area contributed by atoms with Crippen LogP contribution in [0.15, 0.2) is 65.7 Å². The third-order valence-electron chi connectivity index (χ3n) is 6.06. The van der Waals surface area contributed by atoms with Gasteiger partial charge in [-0.05, 0) is 43.9 Å². The molecule has 0 spiro atoms. The van der Waals surface area contributed by atoms with Gasteiger partial charge >= 0.3 is 0 Å². The molecule has 6 N–H and O–H groups in total. The van der Waals surface area contributed by atoms with E-state index in [0.29, 0.717) is 19.4 Å². The summed E-state index contributed by atoms with van der Waals surface area (Å²) in [5.74, 6) is -0.740. The van der Waals surface area contributed by atoms with Crippen molar-refractivity contribution < 1.29 is 14.4 Å². The number of unbranched alkanes of at least 4 members (excludes halogenated alkanes) is 1. The predicted molar refractivity (Wildman–Crippen MR) is 152 cm³/mol. The number of nitrogens with one attached hydrogen (secondary N) is 2. The Kier molecular flexibility index (Phi) is 12.2. The molecule has 206 valence electrons. The molecule has 3 atom stereocenters. The SMILES string of the molecule is C[C@H](NC(=O)[C@H](Cc1ccccc1)NC(=O)[C@@H](N)CCCCN=C(N(C)C)N(C)c1ccccc1)C(N)=O. The molecule has 2 rings (SSSR count). The molecule has 0 saturated carbocycles. The normalized spacial score (nSPS) is 13.7. The molecule has 38 heavy (non-hydrogen) atoms. The number of hydrogen-bond donors (Lipinski definition) is 4. The summed E-state index contributed by atoms with van der Waals surface area (Å²) >= 11 is 0. The lowest BCUT2D eigenvalue weighted by atomic mass is 10.0. The Morgan fingerprint density at radius 1 is 0.895 bits per heavy atom. The first-order chi connectivity index (χ1) is 18.1. The molecule has 0 saturated heterocycles. The van der Waals surface area contributed by atoms with Crippen LogP contribution in [0, 0.1) is 0 Å². The number of nitrogens with zero attached hydrogens (tertiary/aromatic N) is 3. The van der Waals surface area contributed by atoms with Gasteiger partial charge in [0.25, 0.3) is 0 Å². The van der Waals surface area contributed by atoms with E-state index in [1.54, 1.807) is 0 Å². The van der Waals surface area contributed by atoms with Crippen molar-refractivity contribution in [2.24, 2.45) is 16.5 Å². The largest absolute Gasteiger partial charge is 0.368 e. The number of guanidine groups is 1. The standard InChI is InChI=1S/C28H41N7O3/c1-20(25(30)36)32-27(38)24(19-21-13-7-5-8-14-21)33-26(37)23(29)17-11-12-18-31-28(34(2)3)35(4)22-15-9-6-10-16-22/h5-10,13-16,20,23-24H,11-12,17-19,29H2,1-4H3,(H2,30,36)(H,32,38)(H,33,37)/t20-,23-,24-/m0/s1. The van der Waals surface area contributed by atoms with E-state index >= 15 is 0 Å². The van der Waals surface area contributed by atoms with E-state index in [1.165, 1.54) is 6.92 Å². The predicted octanol–water partition coefficient (Wildman–Crippen LogP) is 1.26. The van der Waals surface area contributed by atoms with Gasteiger partial charge in [0.2, 0.25) is 17.7 Å². The molecule has 0 fully saturated rings.